The van der Waals surface area contributed by atoms with E-state index >= 15 is 0 Å². The van der Waals surface area contributed by atoms with Gasteiger partial charge in [0.2, 0.25) is 0 Å². The number of phenols is 1. The molecule has 144 valence electrons. The molecule has 0 bridgehead atoms. The van der Waals surface area contributed by atoms with Crippen molar-refractivity contribution in [3.05, 3.63) is 82.9 Å². The number of benzene rings is 3. The summed E-state index contributed by atoms with van der Waals surface area (Å²) in [6, 6.07) is 17.1. The highest BCUT2D eigenvalue weighted by Gasteiger charge is 2.14. The van der Waals surface area contributed by atoms with Crippen LogP contribution in [0.5, 0.6) is 11.6 Å². The summed E-state index contributed by atoms with van der Waals surface area (Å²) in [6.45, 7) is 1.80. The Morgan fingerprint density at radius 1 is 1.03 bits per heavy atom. The fourth-order valence-corrected chi connectivity index (χ4v) is 3.14. The monoisotopic (exact) mass is 385 g/mol. The highest BCUT2D eigenvalue weighted by Crippen LogP contribution is 2.29. The van der Waals surface area contributed by atoms with Crippen molar-refractivity contribution in [2.24, 2.45) is 4.99 Å². The lowest BCUT2D eigenvalue weighted by Crippen LogP contribution is -2.01. The molecule has 4 aromatic rings. The number of hydrogen-bond donors (Lipinski definition) is 4. The first-order valence-corrected chi connectivity index (χ1v) is 9.01. The third-order valence-electron chi connectivity index (χ3n) is 4.76. The first kappa shape index (κ1) is 18.3. The van der Waals surface area contributed by atoms with Gasteiger partial charge < -0.3 is 20.9 Å². The summed E-state index contributed by atoms with van der Waals surface area (Å²) >= 11 is 0. The number of anilines is 1. The third-order valence-corrected chi connectivity index (χ3v) is 4.76. The number of nitrogens with two attached hydrogens (primary N) is 1. The van der Waals surface area contributed by atoms with Crippen LogP contribution in [0.4, 0.5) is 11.4 Å². The maximum absolute atomic E-state index is 12.7. The molecule has 4 rings (SSSR count). The molecule has 0 saturated carbocycles. The summed E-state index contributed by atoms with van der Waals surface area (Å²) in [4.78, 5) is 19.9. The van der Waals surface area contributed by atoms with E-state index in [4.69, 9.17) is 5.73 Å². The van der Waals surface area contributed by atoms with E-state index in [9.17, 15) is 15.0 Å². The smallest absolute Gasteiger partial charge is 0.198 e. The van der Waals surface area contributed by atoms with Crippen molar-refractivity contribution in [3.63, 3.8) is 0 Å². The Balaban J connectivity index is 1.69. The molecule has 0 aliphatic heterocycles. The number of aromatic amines is 1. The van der Waals surface area contributed by atoms with Crippen LogP contribution in [0, 0.1) is 6.92 Å². The van der Waals surface area contributed by atoms with Crippen LogP contribution >= 0.6 is 0 Å². The molecule has 0 unspecified atom stereocenters. The second-order valence-corrected chi connectivity index (χ2v) is 6.83. The zero-order valence-electron chi connectivity index (χ0n) is 15.7. The number of H-pyrrole nitrogens is 1. The number of nitrogen functional groups attached to an aromatic ring is 1. The summed E-state index contributed by atoms with van der Waals surface area (Å²) in [7, 11) is 0. The number of nitrogens with one attached hydrogen (secondary N) is 1. The summed E-state index contributed by atoms with van der Waals surface area (Å²) < 4.78 is 0. The van der Waals surface area contributed by atoms with Gasteiger partial charge in [0.1, 0.15) is 5.75 Å². The fraction of sp³-hybridized carbons (Fsp3) is 0.0435. The Bertz CT molecular complexity index is 1270. The molecule has 0 saturated heterocycles. The molecule has 0 amide bonds. The van der Waals surface area contributed by atoms with E-state index in [0.717, 1.165) is 10.9 Å². The number of carbonyl (C=O) groups excluding carboxylic acids is 1. The van der Waals surface area contributed by atoms with Crippen LogP contribution in [-0.2, 0) is 0 Å². The molecule has 0 atom stereocenters. The molecular weight excluding hydrogens is 366 g/mol. The molecular formula is C23H19N3O3. The van der Waals surface area contributed by atoms with Crippen molar-refractivity contribution in [2.75, 3.05) is 5.73 Å². The predicted octanol–water partition coefficient (Wildman–Crippen LogP) is 4.45. The van der Waals surface area contributed by atoms with Crippen LogP contribution in [-0.4, -0.2) is 27.2 Å². The number of hydrogen-bond acceptors (Lipinski definition) is 5. The molecule has 5 N–H and O–H groups in total. The van der Waals surface area contributed by atoms with Gasteiger partial charge in [-0.3, -0.25) is 9.79 Å². The average molecular weight is 385 g/mol. The topological polar surface area (TPSA) is 112 Å². The minimum Gasteiger partial charge on any atom is -0.508 e. The molecule has 0 spiro atoms. The molecule has 0 aliphatic rings. The number of ketones is 1. The zero-order valence-corrected chi connectivity index (χ0v) is 15.7. The van der Waals surface area contributed by atoms with Crippen molar-refractivity contribution in [1.29, 1.82) is 0 Å². The van der Waals surface area contributed by atoms with E-state index in [1.807, 2.05) is 0 Å². The lowest BCUT2D eigenvalue weighted by Gasteiger charge is -2.03. The number of aromatic nitrogens is 1. The Morgan fingerprint density at radius 2 is 1.83 bits per heavy atom. The fourth-order valence-electron chi connectivity index (χ4n) is 3.14. The van der Waals surface area contributed by atoms with Gasteiger partial charge in [-0.1, -0.05) is 30.3 Å². The highest BCUT2D eigenvalue weighted by atomic mass is 16.3. The maximum atomic E-state index is 12.7. The van der Waals surface area contributed by atoms with E-state index in [0.29, 0.717) is 33.6 Å². The summed E-state index contributed by atoms with van der Waals surface area (Å²) in [5.41, 5.74) is 9.72. The number of aromatic hydroxyl groups is 2. The van der Waals surface area contributed by atoms with Gasteiger partial charge in [0.25, 0.3) is 0 Å². The molecule has 0 fully saturated rings. The first-order chi connectivity index (χ1) is 13.9. The van der Waals surface area contributed by atoms with E-state index in [-0.39, 0.29) is 17.4 Å². The van der Waals surface area contributed by atoms with Crippen molar-refractivity contribution < 1.29 is 15.0 Å². The molecule has 1 aromatic heterocycles. The van der Waals surface area contributed by atoms with Crippen LogP contribution in [0.1, 0.15) is 27.0 Å². The van der Waals surface area contributed by atoms with Crippen molar-refractivity contribution in [1.82, 2.24) is 4.98 Å². The molecule has 1 heterocycles. The quantitative estimate of drug-likeness (QED) is 0.236. The van der Waals surface area contributed by atoms with Gasteiger partial charge in [0, 0.05) is 40.0 Å². The van der Waals surface area contributed by atoms with Gasteiger partial charge in [-0.2, -0.15) is 0 Å². The number of aryl methyl sites for hydroxylation is 1. The van der Waals surface area contributed by atoms with E-state index < -0.39 is 0 Å². The standard InChI is InChI=1S/C23H19N3O3/c1-13-5-7-17(11-21(13)27)25-12-19-18-8-6-15(10-20(18)26-23(19)29)22(28)14-3-2-4-16(24)9-14/h2-12,26-27,29H,24H2,1H3. The van der Waals surface area contributed by atoms with Gasteiger partial charge in [-0.15, -0.1) is 0 Å². The maximum Gasteiger partial charge on any atom is 0.198 e. The Kier molecular flexibility index (Phi) is 4.52. The lowest BCUT2D eigenvalue weighted by molar-refractivity contribution is 0.103. The average Bonchev–Trinajstić information content (AvgIpc) is 3.02. The van der Waals surface area contributed by atoms with Crippen LogP contribution in [0.15, 0.2) is 65.7 Å². The van der Waals surface area contributed by atoms with Crippen molar-refractivity contribution >= 4 is 34.3 Å². The van der Waals surface area contributed by atoms with Crippen LogP contribution in [0.2, 0.25) is 0 Å². The van der Waals surface area contributed by atoms with Gasteiger partial charge in [-0.25, -0.2) is 0 Å². The van der Waals surface area contributed by atoms with Crippen molar-refractivity contribution in [3.8, 4) is 11.6 Å². The SMILES string of the molecule is Cc1ccc(N=Cc2c(O)[nH]c3cc(C(=O)c4cccc(N)c4)ccc23)cc1O. The Morgan fingerprint density at radius 3 is 2.59 bits per heavy atom. The summed E-state index contributed by atoms with van der Waals surface area (Å²) in [5, 5.41) is 20.8. The number of fused-ring (bicyclic) bond motifs is 1. The second-order valence-electron chi connectivity index (χ2n) is 6.83. The molecule has 3 aromatic carbocycles. The summed E-state index contributed by atoms with van der Waals surface area (Å²) in [6.07, 6.45) is 1.53. The van der Waals surface area contributed by atoms with Gasteiger partial charge in [0.05, 0.1) is 11.3 Å². The molecule has 6 heteroatoms. The van der Waals surface area contributed by atoms with E-state index in [1.54, 1.807) is 67.6 Å². The minimum atomic E-state index is -0.154. The Hall–Kier alpha value is -4.06. The minimum absolute atomic E-state index is 0.0476. The number of nitrogens with zero attached hydrogens (tertiary/aromatic N) is 1. The first-order valence-electron chi connectivity index (χ1n) is 9.01. The normalized spacial score (nSPS) is 11.3. The van der Waals surface area contributed by atoms with Gasteiger partial charge >= 0.3 is 0 Å². The van der Waals surface area contributed by atoms with Crippen LogP contribution in [0.3, 0.4) is 0 Å². The largest absolute Gasteiger partial charge is 0.508 e. The van der Waals surface area contributed by atoms with Crippen LogP contribution in [0.25, 0.3) is 10.9 Å². The number of phenolic OH excluding ortho intramolecular Hbond substituents is 1. The Labute approximate surface area is 167 Å². The van der Waals surface area contributed by atoms with E-state index in [1.165, 1.54) is 6.21 Å². The van der Waals surface area contributed by atoms with Gasteiger partial charge in [-0.05, 0) is 36.8 Å². The molecule has 29 heavy (non-hydrogen) atoms. The van der Waals surface area contributed by atoms with Crippen LogP contribution < -0.4 is 5.73 Å². The van der Waals surface area contributed by atoms with Gasteiger partial charge in [0.15, 0.2) is 11.7 Å². The molecule has 0 aliphatic carbocycles. The zero-order chi connectivity index (χ0) is 20.5. The van der Waals surface area contributed by atoms with Crippen molar-refractivity contribution in [2.45, 2.75) is 6.92 Å². The highest BCUT2D eigenvalue weighted by molar-refractivity contribution is 6.12. The second kappa shape index (κ2) is 7.16. The van der Waals surface area contributed by atoms with E-state index in [2.05, 4.69) is 9.98 Å². The number of carbonyl (C=O) groups is 1. The number of aliphatic imine (C=N–C) groups is 1. The number of rotatable bonds is 4. The summed E-state index contributed by atoms with van der Waals surface area (Å²) in [5.74, 6) is -0.0419. The lowest BCUT2D eigenvalue weighted by atomic mass is 10.0. The molecule has 6 nitrogen and oxygen atoms in total. The third kappa shape index (κ3) is 3.55. The molecule has 0 radical (unpaired) electrons. The predicted molar refractivity (Wildman–Crippen MR) is 114 cm³/mol.